The Bertz CT molecular complexity index is 662. The third-order valence-electron chi connectivity index (χ3n) is 6.42. The van der Waals surface area contributed by atoms with Crippen molar-refractivity contribution in [3.63, 3.8) is 0 Å². The fourth-order valence-corrected chi connectivity index (χ4v) is 4.41. The van der Waals surface area contributed by atoms with Crippen LogP contribution in [0, 0.1) is 5.92 Å². The molecule has 1 saturated heterocycles. The number of ketones is 1. The summed E-state index contributed by atoms with van der Waals surface area (Å²) in [4.78, 5) is 51.2. The molecule has 1 N–H and O–H groups in total. The molecule has 0 aromatic rings. The van der Waals surface area contributed by atoms with E-state index in [0.717, 1.165) is 38.5 Å². The molecule has 34 heavy (non-hydrogen) atoms. The van der Waals surface area contributed by atoms with Crippen LogP contribution in [0.15, 0.2) is 0 Å². The van der Waals surface area contributed by atoms with E-state index in [9.17, 15) is 24.3 Å². The van der Waals surface area contributed by atoms with Crippen LogP contribution < -0.4 is 0 Å². The quantitative estimate of drug-likeness (QED) is 0.178. The highest BCUT2D eigenvalue weighted by atomic mass is 16.5. The third kappa shape index (κ3) is 10.1. The van der Waals surface area contributed by atoms with Crippen LogP contribution in [0.3, 0.4) is 0 Å². The number of ether oxygens (including phenoxy) is 2. The number of rotatable bonds is 18. The number of hydrogen-bond acceptors (Lipinski definition) is 7. The molecule has 0 saturated carbocycles. The van der Waals surface area contributed by atoms with Gasteiger partial charge in [-0.1, -0.05) is 51.9 Å². The minimum atomic E-state index is -1.40. The number of Topliss-reactive ketones (excluding diaryl/α,β-unsaturated/α-hetero) is 1. The zero-order valence-corrected chi connectivity index (χ0v) is 21.6. The monoisotopic (exact) mass is 483 g/mol. The molecule has 196 valence electrons. The van der Waals surface area contributed by atoms with E-state index in [1.807, 2.05) is 0 Å². The molecule has 0 aromatic carbocycles. The fraction of sp³-hybridized carbons (Fsp3) is 0.846. The van der Waals surface area contributed by atoms with Crippen molar-refractivity contribution in [2.24, 2.45) is 5.92 Å². The highest BCUT2D eigenvalue weighted by Crippen LogP contribution is 2.29. The Morgan fingerprint density at radius 2 is 1.56 bits per heavy atom. The third-order valence-corrected chi connectivity index (χ3v) is 6.42. The summed E-state index contributed by atoms with van der Waals surface area (Å²) < 4.78 is 9.91. The Morgan fingerprint density at radius 3 is 2.21 bits per heavy atom. The van der Waals surface area contributed by atoms with Crippen molar-refractivity contribution in [2.45, 2.75) is 116 Å². The first-order chi connectivity index (χ1) is 16.2. The van der Waals surface area contributed by atoms with Crippen LogP contribution in [-0.4, -0.2) is 65.0 Å². The van der Waals surface area contributed by atoms with Crippen molar-refractivity contribution in [2.75, 3.05) is 19.8 Å². The van der Waals surface area contributed by atoms with Crippen molar-refractivity contribution in [3.8, 4) is 0 Å². The molecule has 8 nitrogen and oxygen atoms in total. The minimum Gasteiger partial charge on any atom is -0.466 e. The maximum atomic E-state index is 13.0. The smallest absolute Gasteiger partial charge is 0.326 e. The zero-order chi connectivity index (χ0) is 25.6. The Balaban J connectivity index is 2.69. The van der Waals surface area contributed by atoms with Gasteiger partial charge in [0.15, 0.2) is 11.7 Å². The molecule has 1 amide bonds. The number of esters is 2. The number of hydrogen-bond donors (Lipinski definition) is 1. The topological polar surface area (TPSA) is 110 Å². The van der Waals surface area contributed by atoms with E-state index in [4.69, 9.17) is 9.47 Å². The van der Waals surface area contributed by atoms with E-state index < -0.39 is 35.2 Å². The van der Waals surface area contributed by atoms with Crippen molar-refractivity contribution < 1.29 is 33.8 Å². The van der Waals surface area contributed by atoms with E-state index in [1.165, 1.54) is 4.90 Å². The molecule has 0 radical (unpaired) electrons. The van der Waals surface area contributed by atoms with Crippen LogP contribution in [0.25, 0.3) is 0 Å². The van der Waals surface area contributed by atoms with E-state index in [0.29, 0.717) is 45.1 Å². The molecule has 0 aliphatic carbocycles. The molecule has 0 bridgehead atoms. The van der Waals surface area contributed by atoms with E-state index >= 15 is 0 Å². The van der Waals surface area contributed by atoms with Crippen molar-refractivity contribution in [3.05, 3.63) is 0 Å². The predicted molar refractivity (Wildman–Crippen MR) is 129 cm³/mol. The summed E-state index contributed by atoms with van der Waals surface area (Å²) >= 11 is 0. The van der Waals surface area contributed by atoms with Gasteiger partial charge in [-0.25, -0.2) is 0 Å². The lowest BCUT2D eigenvalue weighted by Gasteiger charge is -2.29. The van der Waals surface area contributed by atoms with Crippen molar-refractivity contribution >= 4 is 23.6 Å². The SMILES string of the molecule is CCCCCCC(C)(O)CCN1C(=O)C(C(=O)OCC)C(=O)C1CCCCCCC(=O)OCC. The number of amides is 1. The van der Waals surface area contributed by atoms with Crippen LogP contribution in [0.1, 0.15) is 105 Å². The summed E-state index contributed by atoms with van der Waals surface area (Å²) in [5.41, 5.74) is -0.934. The number of carbonyl (C=O) groups is 4. The van der Waals surface area contributed by atoms with Crippen LogP contribution >= 0.6 is 0 Å². The number of nitrogens with zero attached hydrogens (tertiary/aromatic N) is 1. The van der Waals surface area contributed by atoms with Gasteiger partial charge in [-0.2, -0.15) is 0 Å². The Morgan fingerprint density at radius 1 is 0.912 bits per heavy atom. The molecule has 1 rings (SSSR count). The van der Waals surface area contributed by atoms with Crippen LogP contribution in [-0.2, 0) is 28.7 Å². The molecule has 0 spiro atoms. The summed E-state index contributed by atoms with van der Waals surface area (Å²) in [6.45, 7) is 8.03. The van der Waals surface area contributed by atoms with Gasteiger partial charge in [0.25, 0.3) is 0 Å². The molecule has 3 atom stereocenters. The molecular weight excluding hydrogens is 438 g/mol. The second-order valence-electron chi connectivity index (χ2n) is 9.45. The fourth-order valence-electron chi connectivity index (χ4n) is 4.41. The van der Waals surface area contributed by atoms with Gasteiger partial charge in [0.2, 0.25) is 5.91 Å². The van der Waals surface area contributed by atoms with Gasteiger partial charge >= 0.3 is 11.9 Å². The van der Waals surface area contributed by atoms with Gasteiger partial charge < -0.3 is 19.5 Å². The number of likely N-dealkylation sites (tertiary alicyclic amines) is 1. The Hall–Kier alpha value is -1.96. The van der Waals surface area contributed by atoms with E-state index in [1.54, 1.807) is 20.8 Å². The number of unbranched alkanes of at least 4 members (excludes halogenated alkanes) is 6. The second-order valence-corrected chi connectivity index (χ2v) is 9.45. The van der Waals surface area contributed by atoms with Crippen molar-refractivity contribution in [1.29, 1.82) is 0 Å². The van der Waals surface area contributed by atoms with E-state index in [2.05, 4.69) is 6.92 Å². The van der Waals surface area contributed by atoms with Gasteiger partial charge in [-0.3, -0.25) is 19.2 Å². The highest BCUT2D eigenvalue weighted by Gasteiger charge is 2.51. The molecular formula is C26H45NO7. The Kier molecular flexibility index (Phi) is 14.0. The molecule has 0 aromatic heterocycles. The summed E-state index contributed by atoms with van der Waals surface area (Å²) in [7, 11) is 0. The molecule has 3 unspecified atom stereocenters. The van der Waals surface area contributed by atoms with E-state index in [-0.39, 0.29) is 19.1 Å². The maximum absolute atomic E-state index is 13.0. The normalized spacial score (nSPS) is 19.9. The van der Waals surface area contributed by atoms with Gasteiger partial charge in [0.1, 0.15) is 0 Å². The molecule has 1 fully saturated rings. The first-order valence-corrected chi connectivity index (χ1v) is 13.1. The lowest BCUT2D eigenvalue weighted by molar-refractivity contribution is -0.154. The first kappa shape index (κ1) is 30.1. The Labute approximate surface area is 204 Å². The number of carbonyl (C=O) groups excluding carboxylic acids is 4. The van der Waals surface area contributed by atoms with Gasteiger partial charge in [-0.15, -0.1) is 0 Å². The summed E-state index contributed by atoms with van der Waals surface area (Å²) in [5.74, 6) is -3.31. The molecule has 1 aliphatic rings. The van der Waals surface area contributed by atoms with Crippen LogP contribution in [0.4, 0.5) is 0 Å². The molecule has 1 aliphatic heterocycles. The lowest BCUT2D eigenvalue weighted by atomic mass is 9.94. The van der Waals surface area contributed by atoms with Crippen molar-refractivity contribution in [1.82, 2.24) is 4.90 Å². The second kappa shape index (κ2) is 15.8. The van der Waals surface area contributed by atoms with Gasteiger partial charge in [0.05, 0.1) is 24.9 Å². The minimum absolute atomic E-state index is 0.105. The largest absolute Gasteiger partial charge is 0.466 e. The average Bonchev–Trinajstić information content (AvgIpc) is 3.01. The van der Waals surface area contributed by atoms with Crippen LogP contribution in [0.2, 0.25) is 0 Å². The zero-order valence-electron chi connectivity index (χ0n) is 21.6. The van der Waals surface area contributed by atoms with Gasteiger partial charge in [0, 0.05) is 13.0 Å². The lowest BCUT2D eigenvalue weighted by Crippen LogP contribution is -2.40. The summed E-state index contributed by atoms with van der Waals surface area (Å²) in [6, 6.07) is -0.678. The molecule has 8 heteroatoms. The van der Waals surface area contributed by atoms with Crippen LogP contribution in [0.5, 0.6) is 0 Å². The first-order valence-electron chi connectivity index (χ1n) is 13.1. The molecule has 1 heterocycles. The summed E-state index contributed by atoms with van der Waals surface area (Å²) in [5, 5.41) is 10.8. The standard InChI is InChI=1S/C26H45NO7/c1-5-8-9-14-17-26(4,32)18-19-27-20(15-12-10-11-13-16-21(28)33-6-2)23(29)22(24(27)30)25(31)34-7-3/h20,22,32H,5-19H2,1-4H3. The highest BCUT2D eigenvalue weighted by molar-refractivity contribution is 6.22. The number of aliphatic hydroxyl groups is 1. The van der Waals surface area contributed by atoms with Gasteiger partial charge in [-0.05, 0) is 46.5 Å². The maximum Gasteiger partial charge on any atom is 0.326 e. The predicted octanol–water partition coefficient (Wildman–Crippen LogP) is 3.96. The average molecular weight is 484 g/mol. The summed E-state index contributed by atoms with van der Waals surface area (Å²) in [6.07, 6.45) is 9.07.